The Kier molecular flexibility index (Phi) is 2.29. The quantitative estimate of drug-likeness (QED) is 0.743. The van der Waals surface area contributed by atoms with E-state index in [0.29, 0.717) is 11.4 Å². The van der Waals surface area contributed by atoms with Gasteiger partial charge in [-0.05, 0) is 13.8 Å². The molecule has 0 fully saturated rings. The summed E-state index contributed by atoms with van der Waals surface area (Å²) in [4.78, 5) is 26.4. The Bertz CT molecular complexity index is 547. The van der Waals surface area contributed by atoms with E-state index >= 15 is 0 Å². The molecule has 2 heterocycles. The molecular formula is C10H10N4O. The second-order valence-corrected chi connectivity index (χ2v) is 3.27. The van der Waals surface area contributed by atoms with Gasteiger partial charge in [-0.1, -0.05) is 0 Å². The van der Waals surface area contributed by atoms with Gasteiger partial charge in [0.15, 0.2) is 5.69 Å². The molecule has 2 aromatic heterocycles. The number of nitrogens with one attached hydrogen (secondary N) is 1. The summed E-state index contributed by atoms with van der Waals surface area (Å²) in [5.41, 5.74) is 2.06. The maximum Gasteiger partial charge on any atom is 0.276 e. The predicted octanol–water partition coefficient (Wildman–Crippen LogP) is 0.844. The molecule has 0 saturated heterocycles. The number of H-pyrrole nitrogens is 1. The molecular weight excluding hydrogens is 192 g/mol. The summed E-state index contributed by atoms with van der Waals surface area (Å²) in [6.45, 7) is 3.63. The molecule has 0 aliphatic heterocycles. The van der Waals surface area contributed by atoms with E-state index in [1.54, 1.807) is 12.4 Å². The molecule has 0 aliphatic rings. The van der Waals surface area contributed by atoms with Crippen LogP contribution in [0.3, 0.4) is 0 Å². The lowest BCUT2D eigenvalue weighted by atomic mass is 10.3. The van der Waals surface area contributed by atoms with Gasteiger partial charge in [0.1, 0.15) is 5.69 Å². The Labute approximate surface area is 86.3 Å². The number of nitrogens with zero attached hydrogens (tertiary/aromatic N) is 3. The van der Waals surface area contributed by atoms with E-state index in [9.17, 15) is 4.79 Å². The first-order valence-corrected chi connectivity index (χ1v) is 4.52. The van der Waals surface area contributed by atoms with Gasteiger partial charge >= 0.3 is 0 Å². The number of aromatic nitrogens is 4. The SMILES string of the molecule is Cc1cncc(-c2nc(C)c[nH]c2=O)n1. The number of rotatable bonds is 1. The van der Waals surface area contributed by atoms with Gasteiger partial charge in [-0.2, -0.15) is 0 Å². The molecule has 5 heteroatoms. The van der Waals surface area contributed by atoms with Crippen molar-refractivity contribution in [3.8, 4) is 11.4 Å². The Morgan fingerprint density at radius 3 is 2.67 bits per heavy atom. The standard InChI is InChI=1S/C10H10N4O/c1-6-3-11-5-8(13-6)9-10(15)12-4-7(2)14-9/h3-5H,1-2H3,(H,12,15). The first-order chi connectivity index (χ1) is 7.16. The van der Waals surface area contributed by atoms with Gasteiger partial charge in [0.25, 0.3) is 5.56 Å². The van der Waals surface area contributed by atoms with Crippen LogP contribution < -0.4 is 5.56 Å². The van der Waals surface area contributed by atoms with Crippen molar-refractivity contribution in [2.24, 2.45) is 0 Å². The molecule has 0 amide bonds. The third-order valence-electron chi connectivity index (χ3n) is 1.91. The van der Waals surface area contributed by atoms with Gasteiger partial charge in [-0.3, -0.25) is 9.78 Å². The Balaban J connectivity index is 2.63. The average Bonchev–Trinajstić information content (AvgIpc) is 2.22. The van der Waals surface area contributed by atoms with Crippen molar-refractivity contribution in [1.29, 1.82) is 0 Å². The zero-order chi connectivity index (χ0) is 10.8. The average molecular weight is 202 g/mol. The van der Waals surface area contributed by atoms with Crippen LogP contribution in [0.25, 0.3) is 11.4 Å². The minimum absolute atomic E-state index is 0.250. The number of hydrogen-bond donors (Lipinski definition) is 1. The van der Waals surface area contributed by atoms with Crippen molar-refractivity contribution in [1.82, 2.24) is 19.9 Å². The third-order valence-corrected chi connectivity index (χ3v) is 1.91. The predicted molar refractivity (Wildman–Crippen MR) is 55.4 cm³/mol. The summed E-state index contributed by atoms with van der Waals surface area (Å²) in [5, 5.41) is 0. The Morgan fingerprint density at radius 2 is 1.93 bits per heavy atom. The summed E-state index contributed by atoms with van der Waals surface area (Å²) in [5.74, 6) is 0. The highest BCUT2D eigenvalue weighted by atomic mass is 16.1. The second kappa shape index (κ2) is 3.61. The summed E-state index contributed by atoms with van der Waals surface area (Å²) in [6, 6.07) is 0. The maximum atomic E-state index is 11.5. The van der Waals surface area contributed by atoms with Crippen LogP contribution in [0.5, 0.6) is 0 Å². The van der Waals surface area contributed by atoms with Crippen LogP contribution in [0, 0.1) is 13.8 Å². The van der Waals surface area contributed by atoms with Crippen LogP contribution in [0.4, 0.5) is 0 Å². The minimum atomic E-state index is -0.250. The van der Waals surface area contributed by atoms with Crippen molar-refractivity contribution < 1.29 is 0 Å². The van der Waals surface area contributed by atoms with Gasteiger partial charge < -0.3 is 4.98 Å². The fraction of sp³-hybridized carbons (Fsp3) is 0.200. The summed E-state index contributed by atoms with van der Waals surface area (Å²) >= 11 is 0. The molecule has 0 aliphatic carbocycles. The maximum absolute atomic E-state index is 11.5. The molecule has 0 bridgehead atoms. The fourth-order valence-corrected chi connectivity index (χ4v) is 1.25. The lowest BCUT2D eigenvalue weighted by molar-refractivity contribution is 1.04. The lowest BCUT2D eigenvalue weighted by Crippen LogP contribution is -2.12. The highest BCUT2D eigenvalue weighted by molar-refractivity contribution is 5.51. The highest BCUT2D eigenvalue weighted by Gasteiger charge is 2.07. The number of aromatic amines is 1. The zero-order valence-electron chi connectivity index (χ0n) is 8.48. The van der Waals surface area contributed by atoms with Gasteiger partial charge in [-0.15, -0.1) is 0 Å². The number of hydrogen-bond acceptors (Lipinski definition) is 4. The van der Waals surface area contributed by atoms with Gasteiger partial charge in [0.2, 0.25) is 0 Å². The van der Waals surface area contributed by atoms with Crippen molar-refractivity contribution in [3.63, 3.8) is 0 Å². The fourth-order valence-electron chi connectivity index (χ4n) is 1.25. The molecule has 0 unspecified atom stereocenters. The molecule has 0 saturated carbocycles. The first kappa shape index (κ1) is 9.51. The van der Waals surface area contributed by atoms with Crippen LogP contribution in [0.1, 0.15) is 11.4 Å². The molecule has 0 aromatic carbocycles. The van der Waals surface area contributed by atoms with Gasteiger partial charge in [0.05, 0.1) is 17.6 Å². The van der Waals surface area contributed by atoms with E-state index in [2.05, 4.69) is 19.9 Å². The molecule has 15 heavy (non-hydrogen) atoms. The van der Waals surface area contributed by atoms with Gasteiger partial charge in [-0.25, -0.2) is 9.97 Å². The summed E-state index contributed by atoms with van der Waals surface area (Å²) in [6.07, 6.45) is 4.73. The van der Waals surface area contributed by atoms with Crippen molar-refractivity contribution >= 4 is 0 Å². The molecule has 76 valence electrons. The molecule has 0 radical (unpaired) electrons. The normalized spacial score (nSPS) is 10.3. The molecule has 0 atom stereocenters. The summed E-state index contributed by atoms with van der Waals surface area (Å²) in [7, 11) is 0. The van der Waals surface area contributed by atoms with E-state index in [1.165, 1.54) is 6.20 Å². The molecule has 2 aromatic rings. The van der Waals surface area contributed by atoms with Crippen LogP contribution in [0.2, 0.25) is 0 Å². The van der Waals surface area contributed by atoms with E-state index in [0.717, 1.165) is 11.4 Å². The zero-order valence-corrected chi connectivity index (χ0v) is 8.48. The van der Waals surface area contributed by atoms with Crippen LogP contribution in [-0.2, 0) is 0 Å². The van der Waals surface area contributed by atoms with E-state index in [-0.39, 0.29) is 5.56 Å². The molecule has 5 nitrogen and oxygen atoms in total. The Hall–Kier alpha value is -2.04. The molecule has 1 N–H and O–H groups in total. The van der Waals surface area contributed by atoms with Crippen LogP contribution >= 0.6 is 0 Å². The van der Waals surface area contributed by atoms with E-state index < -0.39 is 0 Å². The third kappa shape index (κ3) is 1.90. The Morgan fingerprint density at radius 1 is 1.13 bits per heavy atom. The smallest absolute Gasteiger partial charge is 0.276 e. The van der Waals surface area contributed by atoms with Crippen molar-refractivity contribution in [3.05, 3.63) is 40.3 Å². The van der Waals surface area contributed by atoms with Crippen molar-refractivity contribution in [2.75, 3.05) is 0 Å². The lowest BCUT2D eigenvalue weighted by Gasteiger charge is -2.00. The topological polar surface area (TPSA) is 71.5 Å². The molecule has 0 spiro atoms. The highest BCUT2D eigenvalue weighted by Crippen LogP contribution is 2.08. The van der Waals surface area contributed by atoms with Gasteiger partial charge in [0, 0.05) is 12.4 Å². The monoisotopic (exact) mass is 202 g/mol. The van der Waals surface area contributed by atoms with E-state index in [1.807, 2.05) is 13.8 Å². The molecule has 2 rings (SSSR count). The van der Waals surface area contributed by atoms with Crippen LogP contribution in [0.15, 0.2) is 23.4 Å². The largest absolute Gasteiger partial charge is 0.325 e. The van der Waals surface area contributed by atoms with Crippen molar-refractivity contribution in [2.45, 2.75) is 13.8 Å². The van der Waals surface area contributed by atoms with E-state index in [4.69, 9.17) is 0 Å². The number of aryl methyl sites for hydroxylation is 2. The van der Waals surface area contributed by atoms with Crippen LogP contribution in [-0.4, -0.2) is 19.9 Å². The minimum Gasteiger partial charge on any atom is -0.325 e. The first-order valence-electron chi connectivity index (χ1n) is 4.52. The summed E-state index contributed by atoms with van der Waals surface area (Å²) < 4.78 is 0. The second-order valence-electron chi connectivity index (χ2n) is 3.27.